The van der Waals surface area contributed by atoms with Gasteiger partial charge in [0, 0.05) is 0 Å². The second-order valence-corrected chi connectivity index (χ2v) is 9.02. The number of para-hydroxylation sites is 2. The Labute approximate surface area is 182 Å². The third kappa shape index (κ3) is 3.67. The van der Waals surface area contributed by atoms with Crippen LogP contribution in [-0.4, -0.2) is 16.1 Å². The first-order chi connectivity index (χ1) is 14.7. The molecule has 1 aromatic heterocycles. The van der Waals surface area contributed by atoms with E-state index in [-0.39, 0.29) is 5.91 Å². The number of nitrogens with zero attached hydrogens (tertiary/aromatic N) is 3. The second kappa shape index (κ2) is 7.89. The van der Waals surface area contributed by atoms with Gasteiger partial charge in [-0.2, -0.15) is 0 Å². The molecule has 5 rings (SSSR count). The number of carbonyl (C=O) groups excluding carboxylic acids is 1. The number of thiazole rings is 1. The average molecular weight is 428 g/mol. The smallest absolute Gasteiger partial charge is 0.268 e. The summed E-state index contributed by atoms with van der Waals surface area (Å²) < 4.78 is 1.12. The Morgan fingerprint density at radius 2 is 1.70 bits per heavy atom. The number of amidine groups is 1. The lowest BCUT2D eigenvalue weighted by atomic mass is 10.2. The van der Waals surface area contributed by atoms with Gasteiger partial charge in [0.25, 0.3) is 5.91 Å². The van der Waals surface area contributed by atoms with Crippen molar-refractivity contribution < 1.29 is 4.79 Å². The monoisotopic (exact) mass is 427 g/mol. The molecule has 146 valence electrons. The standard InChI is InChI=1S/C24H17N3OS2/c1-16-25-20-13-12-17(14-21(20)29-16)15-22-23(28)27(19-10-6-3-7-11-19)24(30-22)26-18-8-4-2-5-9-18/h2-15H,1H3. The molecule has 2 heterocycles. The van der Waals surface area contributed by atoms with Gasteiger partial charge in [-0.05, 0) is 66.7 Å². The first-order valence-electron chi connectivity index (χ1n) is 9.47. The van der Waals surface area contributed by atoms with E-state index in [9.17, 15) is 4.79 Å². The molecule has 1 aliphatic heterocycles. The number of hydrogen-bond acceptors (Lipinski definition) is 5. The van der Waals surface area contributed by atoms with Gasteiger partial charge in [-0.1, -0.05) is 42.5 Å². The van der Waals surface area contributed by atoms with Crippen LogP contribution in [0, 0.1) is 6.92 Å². The van der Waals surface area contributed by atoms with Gasteiger partial charge in [-0.25, -0.2) is 9.98 Å². The van der Waals surface area contributed by atoms with Crippen LogP contribution in [0.1, 0.15) is 10.6 Å². The molecule has 0 bridgehead atoms. The molecule has 4 nitrogen and oxygen atoms in total. The average Bonchev–Trinajstić information content (AvgIpc) is 3.27. The molecule has 0 N–H and O–H groups in total. The number of anilines is 1. The lowest BCUT2D eigenvalue weighted by Gasteiger charge is -2.15. The minimum Gasteiger partial charge on any atom is -0.268 e. The second-order valence-electron chi connectivity index (χ2n) is 6.78. The van der Waals surface area contributed by atoms with Crippen LogP contribution in [0.15, 0.2) is 88.8 Å². The van der Waals surface area contributed by atoms with Crippen molar-refractivity contribution in [2.24, 2.45) is 4.99 Å². The van der Waals surface area contributed by atoms with Crippen LogP contribution in [0.2, 0.25) is 0 Å². The van der Waals surface area contributed by atoms with Crippen LogP contribution in [0.25, 0.3) is 16.3 Å². The number of hydrogen-bond donors (Lipinski definition) is 0. The lowest BCUT2D eigenvalue weighted by molar-refractivity contribution is -0.113. The molecule has 0 atom stereocenters. The molecular weight excluding hydrogens is 410 g/mol. The summed E-state index contributed by atoms with van der Waals surface area (Å²) in [6, 6.07) is 25.4. The van der Waals surface area contributed by atoms with Gasteiger partial charge >= 0.3 is 0 Å². The fourth-order valence-electron chi connectivity index (χ4n) is 3.26. The van der Waals surface area contributed by atoms with Crippen LogP contribution >= 0.6 is 23.1 Å². The predicted octanol–water partition coefficient (Wildman–Crippen LogP) is 6.41. The zero-order valence-corrected chi connectivity index (χ0v) is 17.8. The summed E-state index contributed by atoms with van der Waals surface area (Å²) in [5.74, 6) is -0.0681. The molecule has 0 saturated carbocycles. The fourth-order valence-corrected chi connectivity index (χ4v) is 5.14. The molecule has 4 aromatic rings. The van der Waals surface area contributed by atoms with E-state index < -0.39 is 0 Å². The summed E-state index contributed by atoms with van der Waals surface area (Å²) in [6.45, 7) is 2.00. The molecule has 0 unspecified atom stereocenters. The van der Waals surface area contributed by atoms with Crippen molar-refractivity contribution in [1.29, 1.82) is 0 Å². The van der Waals surface area contributed by atoms with Crippen LogP contribution in [0.5, 0.6) is 0 Å². The highest BCUT2D eigenvalue weighted by Gasteiger charge is 2.34. The van der Waals surface area contributed by atoms with E-state index >= 15 is 0 Å². The third-order valence-electron chi connectivity index (χ3n) is 4.62. The molecule has 6 heteroatoms. The Bertz CT molecular complexity index is 1290. The number of fused-ring (bicyclic) bond motifs is 1. The molecule has 1 fully saturated rings. The summed E-state index contributed by atoms with van der Waals surface area (Å²) in [4.78, 5) is 24.9. The lowest BCUT2D eigenvalue weighted by Crippen LogP contribution is -2.28. The number of aromatic nitrogens is 1. The Hall–Kier alpha value is -3.22. The normalized spacial score (nSPS) is 16.8. The van der Waals surface area contributed by atoms with Gasteiger partial charge in [-0.3, -0.25) is 9.69 Å². The third-order valence-corrected chi connectivity index (χ3v) is 6.52. The number of aliphatic imine (C=N–C) groups is 1. The number of benzene rings is 3. The van der Waals surface area contributed by atoms with Crippen LogP contribution in [-0.2, 0) is 4.79 Å². The topological polar surface area (TPSA) is 45.6 Å². The molecule has 0 radical (unpaired) electrons. The van der Waals surface area contributed by atoms with E-state index in [1.807, 2.05) is 85.8 Å². The number of aryl methyl sites for hydroxylation is 1. The first kappa shape index (κ1) is 18.8. The maximum atomic E-state index is 13.3. The summed E-state index contributed by atoms with van der Waals surface area (Å²) in [5.41, 5.74) is 3.59. The van der Waals surface area contributed by atoms with Crippen molar-refractivity contribution in [3.8, 4) is 0 Å². The quantitative estimate of drug-likeness (QED) is 0.355. The Morgan fingerprint density at radius 1 is 0.967 bits per heavy atom. The van der Waals surface area contributed by atoms with Crippen molar-refractivity contribution in [2.45, 2.75) is 6.92 Å². The molecule has 0 aliphatic carbocycles. The number of carbonyl (C=O) groups is 1. The minimum absolute atomic E-state index is 0.0681. The van der Waals surface area contributed by atoms with E-state index in [0.29, 0.717) is 10.1 Å². The van der Waals surface area contributed by atoms with Crippen LogP contribution in [0.3, 0.4) is 0 Å². The highest BCUT2D eigenvalue weighted by molar-refractivity contribution is 8.19. The van der Waals surface area contributed by atoms with Gasteiger partial charge in [0.15, 0.2) is 5.17 Å². The van der Waals surface area contributed by atoms with E-state index in [4.69, 9.17) is 4.99 Å². The largest absolute Gasteiger partial charge is 0.271 e. The van der Waals surface area contributed by atoms with Gasteiger partial charge in [0.2, 0.25) is 0 Å². The molecule has 1 amide bonds. The van der Waals surface area contributed by atoms with Crippen molar-refractivity contribution in [3.05, 3.63) is 94.3 Å². The summed E-state index contributed by atoms with van der Waals surface area (Å²) in [5, 5.41) is 1.69. The Kier molecular flexibility index (Phi) is 4.94. The van der Waals surface area contributed by atoms with E-state index in [1.165, 1.54) is 11.8 Å². The Morgan fingerprint density at radius 3 is 2.47 bits per heavy atom. The summed E-state index contributed by atoms with van der Waals surface area (Å²) >= 11 is 3.06. The predicted molar refractivity (Wildman–Crippen MR) is 127 cm³/mol. The number of thioether (sulfide) groups is 1. The van der Waals surface area contributed by atoms with Crippen molar-refractivity contribution in [3.63, 3.8) is 0 Å². The molecular formula is C24H17N3OS2. The molecule has 1 aliphatic rings. The summed E-state index contributed by atoms with van der Waals surface area (Å²) in [7, 11) is 0. The Balaban J connectivity index is 1.57. The zero-order chi connectivity index (χ0) is 20.5. The van der Waals surface area contributed by atoms with Gasteiger partial charge in [0.1, 0.15) is 0 Å². The van der Waals surface area contributed by atoms with Crippen LogP contribution < -0.4 is 4.90 Å². The van der Waals surface area contributed by atoms with Crippen molar-refractivity contribution in [2.75, 3.05) is 4.90 Å². The maximum Gasteiger partial charge on any atom is 0.271 e. The van der Waals surface area contributed by atoms with E-state index in [1.54, 1.807) is 16.2 Å². The maximum absolute atomic E-state index is 13.3. The molecule has 0 spiro atoms. The van der Waals surface area contributed by atoms with Crippen molar-refractivity contribution >= 4 is 61.8 Å². The molecule has 3 aromatic carbocycles. The van der Waals surface area contributed by atoms with Crippen molar-refractivity contribution in [1.82, 2.24) is 4.98 Å². The van der Waals surface area contributed by atoms with E-state index in [0.717, 1.165) is 32.2 Å². The number of rotatable bonds is 3. The number of amides is 1. The molecule has 30 heavy (non-hydrogen) atoms. The zero-order valence-electron chi connectivity index (χ0n) is 16.1. The highest BCUT2D eigenvalue weighted by Crippen LogP contribution is 2.37. The molecule has 1 saturated heterocycles. The van der Waals surface area contributed by atoms with Gasteiger partial charge in [-0.15, -0.1) is 11.3 Å². The van der Waals surface area contributed by atoms with Gasteiger partial charge < -0.3 is 0 Å². The first-order valence-corrected chi connectivity index (χ1v) is 11.1. The fraction of sp³-hybridized carbons (Fsp3) is 0.0417. The highest BCUT2D eigenvalue weighted by atomic mass is 32.2. The van der Waals surface area contributed by atoms with Crippen LogP contribution in [0.4, 0.5) is 11.4 Å². The van der Waals surface area contributed by atoms with Gasteiger partial charge in [0.05, 0.1) is 31.5 Å². The minimum atomic E-state index is -0.0681. The van der Waals surface area contributed by atoms with E-state index in [2.05, 4.69) is 11.1 Å². The SMILES string of the molecule is Cc1nc2ccc(C=C3SC(=Nc4ccccc4)N(c4ccccc4)C3=O)cc2s1. The summed E-state index contributed by atoms with van der Waals surface area (Å²) in [6.07, 6.45) is 1.94.